The third kappa shape index (κ3) is 8.65. The topological polar surface area (TPSA) is 58.9 Å². The van der Waals surface area contributed by atoms with E-state index in [9.17, 15) is 10.2 Å². The van der Waals surface area contributed by atoms with Crippen molar-refractivity contribution in [2.45, 2.75) is 31.1 Å². The smallest absolute Gasteiger partial charge is 0.119 e. The third-order valence-corrected chi connectivity index (χ3v) is 11.8. The van der Waals surface area contributed by atoms with Gasteiger partial charge in [0.1, 0.15) is 24.7 Å². The van der Waals surface area contributed by atoms with Gasteiger partial charge in [-0.2, -0.15) is 0 Å². The fourth-order valence-corrected chi connectivity index (χ4v) is 9.26. The van der Waals surface area contributed by atoms with Crippen molar-refractivity contribution in [3.8, 4) is 22.6 Å². The van der Waals surface area contributed by atoms with E-state index in [0.717, 1.165) is 37.2 Å². The Morgan fingerprint density at radius 2 is 0.656 bits per heavy atom. The van der Waals surface area contributed by atoms with E-state index >= 15 is 0 Å². The maximum Gasteiger partial charge on any atom is 0.119 e. The van der Waals surface area contributed by atoms with Gasteiger partial charge in [-0.3, -0.25) is 0 Å². The molecule has 4 nitrogen and oxygen atoms in total. The minimum Gasteiger partial charge on any atom is -0.491 e. The highest BCUT2D eigenvalue weighted by Gasteiger charge is 2.46. The minimum atomic E-state index is -0.611. The normalized spacial score (nSPS) is 12.4. The molecule has 8 aromatic rings. The molecule has 4 heteroatoms. The molecule has 9 rings (SSSR count). The third-order valence-electron chi connectivity index (χ3n) is 11.8. The molecule has 0 amide bonds. The van der Waals surface area contributed by atoms with Crippen LogP contribution in [0.1, 0.15) is 66.8 Å². The van der Waals surface area contributed by atoms with Crippen LogP contribution in [0.4, 0.5) is 0 Å². The van der Waals surface area contributed by atoms with Crippen molar-refractivity contribution in [1.82, 2.24) is 0 Å². The molecule has 0 saturated heterocycles. The highest BCUT2D eigenvalue weighted by atomic mass is 16.5. The Bertz CT molecular complexity index is 2510. The Morgan fingerprint density at radius 1 is 0.328 bits per heavy atom. The van der Waals surface area contributed by atoms with Crippen LogP contribution in [-0.4, -0.2) is 36.6 Å². The van der Waals surface area contributed by atoms with E-state index in [1.807, 2.05) is 24.3 Å². The molecule has 0 radical (unpaired) electrons. The first kappa shape index (κ1) is 39.7. The minimum absolute atomic E-state index is 0.0158. The van der Waals surface area contributed by atoms with E-state index in [1.54, 1.807) is 0 Å². The molecular weight excluding hydrogens is 749 g/mol. The summed E-state index contributed by atoms with van der Waals surface area (Å²) in [5.41, 5.74) is 17.0. The summed E-state index contributed by atoms with van der Waals surface area (Å²) in [4.78, 5) is 0. The molecule has 0 aliphatic heterocycles. The van der Waals surface area contributed by atoms with Gasteiger partial charge in [0.25, 0.3) is 0 Å². The molecule has 0 bridgehead atoms. The summed E-state index contributed by atoms with van der Waals surface area (Å²) in [5, 5.41) is 18.6. The number of aliphatic hydroxyl groups excluding tert-OH is 2. The van der Waals surface area contributed by atoms with Crippen LogP contribution in [0.3, 0.4) is 0 Å². The van der Waals surface area contributed by atoms with Crippen LogP contribution in [0.15, 0.2) is 194 Å². The lowest BCUT2D eigenvalue weighted by atomic mass is 9.66. The number of ether oxygens (including phenoxy) is 2. The van der Waals surface area contributed by atoms with E-state index in [0.29, 0.717) is 0 Å². The van der Waals surface area contributed by atoms with E-state index in [2.05, 4.69) is 170 Å². The Balaban J connectivity index is 1.25. The van der Waals surface area contributed by atoms with Gasteiger partial charge in [-0.05, 0) is 128 Å². The molecule has 0 atom stereocenters. The lowest BCUT2D eigenvalue weighted by Crippen LogP contribution is -2.29. The quantitative estimate of drug-likeness (QED) is 0.102. The zero-order valence-corrected chi connectivity index (χ0v) is 34.3. The summed E-state index contributed by atoms with van der Waals surface area (Å²) in [7, 11) is 0. The Kier molecular flexibility index (Phi) is 11.9. The fourth-order valence-electron chi connectivity index (χ4n) is 9.26. The van der Waals surface area contributed by atoms with Gasteiger partial charge in [0.2, 0.25) is 0 Å². The molecule has 61 heavy (non-hydrogen) atoms. The average molecular weight is 799 g/mol. The Labute approximate surface area is 359 Å². The molecule has 0 aromatic heterocycles. The second-order valence-electron chi connectivity index (χ2n) is 16.0. The van der Waals surface area contributed by atoms with Crippen LogP contribution in [0.25, 0.3) is 11.1 Å². The molecule has 0 heterocycles. The number of fused-ring (bicyclic) bond motifs is 3. The van der Waals surface area contributed by atoms with Gasteiger partial charge < -0.3 is 19.7 Å². The van der Waals surface area contributed by atoms with E-state index in [4.69, 9.17) is 9.47 Å². The number of benzene rings is 8. The molecule has 0 unspecified atom stereocenters. The van der Waals surface area contributed by atoms with Crippen molar-refractivity contribution >= 4 is 0 Å². The van der Waals surface area contributed by atoms with Gasteiger partial charge in [-0.1, -0.05) is 170 Å². The van der Waals surface area contributed by atoms with Crippen LogP contribution in [0.2, 0.25) is 0 Å². The van der Waals surface area contributed by atoms with Crippen LogP contribution in [0.5, 0.6) is 11.5 Å². The molecule has 1 aliphatic carbocycles. The van der Waals surface area contributed by atoms with E-state index in [1.165, 1.54) is 77.9 Å². The molecule has 0 spiro atoms. The van der Waals surface area contributed by atoms with Gasteiger partial charge in [0, 0.05) is 0 Å². The number of aliphatic hydroxyl groups is 2. The lowest BCUT2D eigenvalue weighted by molar-refractivity contribution is 0.201. The van der Waals surface area contributed by atoms with Crippen LogP contribution >= 0.6 is 0 Å². The predicted molar refractivity (Wildman–Crippen MR) is 246 cm³/mol. The first-order valence-corrected chi connectivity index (χ1v) is 21.3. The van der Waals surface area contributed by atoms with Crippen molar-refractivity contribution in [3.05, 3.63) is 261 Å². The maximum absolute atomic E-state index is 9.31. The molecule has 0 fully saturated rings. The highest BCUT2D eigenvalue weighted by Crippen LogP contribution is 2.56. The molecule has 2 N–H and O–H groups in total. The summed E-state index contributed by atoms with van der Waals surface area (Å²) in [5.74, 6) is 1.51. The van der Waals surface area contributed by atoms with Crippen molar-refractivity contribution in [2.75, 3.05) is 26.4 Å². The monoisotopic (exact) mass is 798 g/mol. The molecule has 0 saturated carbocycles. The first-order chi connectivity index (χ1) is 30.1. The number of rotatable bonds is 16. The van der Waals surface area contributed by atoms with Gasteiger partial charge in [0.05, 0.1) is 18.6 Å². The van der Waals surface area contributed by atoms with Crippen molar-refractivity contribution in [2.24, 2.45) is 0 Å². The van der Waals surface area contributed by atoms with Crippen molar-refractivity contribution < 1.29 is 19.7 Å². The molecule has 8 aromatic carbocycles. The largest absolute Gasteiger partial charge is 0.491 e. The summed E-state index contributed by atoms with van der Waals surface area (Å²) in [6, 6.07) is 70.7. The Hall–Kier alpha value is -6.72. The van der Waals surface area contributed by atoms with Crippen LogP contribution in [0, 0.1) is 0 Å². The van der Waals surface area contributed by atoms with E-state index < -0.39 is 5.41 Å². The molecular formula is C57H50O4. The zero-order chi connectivity index (χ0) is 41.4. The zero-order valence-electron chi connectivity index (χ0n) is 34.3. The second-order valence-corrected chi connectivity index (χ2v) is 16.0. The van der Waals surface area contributed by atoms with E-state index in [-0.39, 0.29) is 26.4 Å². The van der Waals surface area contributed by atoms with Gasteiger partial charge in [-0.25, -0.2) is 0 Å². The summed E-state index contributed by atoms with van der Waals surface area (Å²) < 4.78 is 11.4. The number of hydrogen-bond acceptors (Lipinski definition) is 4. The second kappa shape index (κ2) is 18.3. The standard InChI is InChI=1S/C57H50O4/c58-27-29-60-51-23-19-43(20-24-51)33-47-35-45(31-41-11-3-1-4-12-41)37-49(39-47)57(55-17-9-7-15-53(55)54-16-8-10-18-56(54)57)50-38-46(32-42-13-5-2-6-14-42)36-48(40-50)34-44-21-25-52(26-22-44)61-30-28-59/h1-26,35-40,58-59H,27-34H2. The SMILES string of the molecule is OCCOc1ccc(Cc2cc(Cc3ccccc3)cc(C3(c4cc(Cc5ccccc5)cc(Cc5ccc(OCCO)cc5)c4)c4ccccc4-c4ccccc43)c2)cc1. The van der Waals surface area contributed by atoms with Crippen LogP contribution in [-0.2, 0) is 31.1 Å². The van der Waals surface area contributed by atoms with Crippen molar-refractivity contribution in [1.29, 1.82) is 0 Å². The number of hydrogen-bond donors (Lipinski definition) is 2. The van der Waals surface area contributed by atoms with Gasteiger partial charge >= 0.3 is 0 Å². The Morgan fingerprint density at radius 3 is 1.02 bits per heavy atom. The summed E-state index contributed by atoms with van der Waals surface area (Å²) in [6.07, 6.45) is 3.14. The van der Waals surface area contributed by atoms with Crippen LogP contribution < -0.4 is 9.47 Å². The predicted octanol–water partition coefficient (Wildman–Crippen LogP) is 11.2. The fraction of sp³-hybridized carbons (Fsp3) is 0.158. The maximum atomic E-state index is 9.31. The molecule has 1 aliphatic rings. The highest BCUT2D eigenvalue weighted by molar-refractivity contribution is 5.86. The van der Waals surface area contributed by atoms with Gasteiger partial charge in [0.15, 0.2) is 0 Å². The van der Waals surface area contributed by atoms with Crippen molar-refractivity contribution in [3.63, 3.8) is 0 Å². The summed E-state index contributed by atoms with van der Waals surface area (Å²) in [6.45, 7) is 0.516. The first-order valence-electron chi connectivity index (χ1n) is 21.3. The summed E-state index contributed by atoms with van der Waals surface area (Å²) >= 11 is 0. The molecule has 302 valence electrons. The average Bonchev–Trinajstić information content (AvgIpc) is 3.60. The lowest BCUT2D eigenvalue weighted by Gasteiger charge is -2.35. The van der Waals surface area contributed by atoms with Gasteiger partial charge in [-0.15, -0.1) is 0 Å².